The average Bonchev–Trinajstić information content (AvgIpc) is 2.35. The average molecular weight is 246 g/mol. The molecule has 0 aliphatic rings. The first kappa shape index (κ1) is 13.6. The van der Waals surface area contributed by atoms with Gasteiger partial charge in [-0.25, -0.2) is 9.59 Å². The van der Waals surface area contributed by atoms with Gasteiger partial charge < -0.3 is 15.7 Å². The summed E-state index contributed by atoms with van der Waals surface area (Å²) in [5.74, 6) is 4.56. The molecule has 0 fully saturated rings. The molecule has 5 nitrogen and oxygen atoms in total. The Labute approximate surface area is 105 Å². The third-order valence-electron chi connectivity index (χ3n) is 2.10. The molecule has 0 aliphatic carbocycles. The molecule has 1 aromatic rings. The minimum absolute atomic E-state index is 0.180. The number of urea groups is 1. The molecule has 0 spiro atoms. The van der Waals surface area contributed by atoms with E-state index in [1.54, 1.807) is 6.92 Å². The highest BCUT2D eigenvalue weighted by atomic mass is 16.4. The van der Waals surface area contributed by atoms with Crippen LogP contribution in [0.4, 0.5) is 10.5 Å². The Hall–Kier alpha value is -2.48. The third-order valence-corrected chi connectivity index (χ3v) is 2.10. The van der Waals surface area contributed by atoms with Crippen molar-refractivity contribution in [3.05, 3.63) is 29.8 Å². The van der Waals surface area contributed by atoms with E-state index < -0.39 is 5.97 Å². The van der Waals surface area contributed by atoms with Gasteiger partial charge in [-0.15, -0.1) is 11.8 Å². The summed E-state index contributed by atoms with van der Waals surface area (Å²) in [6.45, 7) is 2.21. The molecule has 0 aromatic heterocycles. The molecule has 0 heterocycles. The fourth-order valence-corrected chi connectivity index (χ4v) is 1.23. The number of carbonyl (C=O) groups excluding carboxylic acids is 1. The van der Waals surface area contributed by atoms with Crippen molar-refractivity contribution >= 4 is 17.7 Å². The smallest absolute Gasteiger partial charge is 0.335 e. The fourth-order valence-electron chi connectivity index (χ4n) is 1.23. The molecule has 2 amide bonds. The van der Waals surface area contributed by atoms with E-state index in [2.05, 4.69) is 22.5 Å². The minimum atomic E-state index is -0.996. The Kier molecular flexibility index (Phi) is 5.26. The van der Waals surface area contributed by atoms with Crippen molar-refractivity contribution in [2.45, 2.75) is 13.3 Å². The van der Waals surface area contributed by atoms with Crippen LogP contribution in [0.1, 0.15) is 23.7 Å². The molecular weight excluding hydrogens is 232 g/mol. The lowest BCUT2D eigenvalue weighted by atomic mass is 10.2. The van der Waals surface area contributed by atoms with Gasteiger partial charge in [-0.1, -0.05) is 0 Å². The van der Waals surface area contributed by atoms with E-state index in [1.807, 2.05) is 0 Å². The number of carboxylic acid groups (broad SMARTS) is 1. The largest absolute Gasteiger partial charge is 0.478 e. The van der Waals surface area contributed by atoms with Gasteiger partial charge in [-0.05, 0) is 31.2 Å². The van der Waals surface area contributed by atoms with Crippen LogP contribution in [-0.4, -0.2) is 23.7 Å². The number of hydrogen-bond acceptors (Lipinski definition) is 2. The van der Waals surface area contributed by atoms with Crippen molar-refractivity contribution in [1.29, 1.82) is 0 Å². The number of amides is 2. The summed E-state index contributed by atoms with van der Waals surface area (Å²) in [7, 11) is 0. The maximum absolute atomic E-state index is 11.4. The van der Waals surface area contributed by atoms with Gasteiger partial charge in [0, 0.05) is 18.7 Å². The summed E-state index contributed by atoms with van der Waals surface area (Å²) in [4.78, 5) is 22.0. The fraction of sp³-hybridized carbons (Fsp3) is 0.231. The number of benzene rings is 1. The Morgan fingerprint density at radius 2 is 1.94 bits per heavy atom. The zero-order chi connectivity index (χ0) is 13.4. The second kappa shape index (κ2) is 6.97. The van der Waals surface area contributed by atoms with Crippen molar-refractivity contribution < 1.29 is 14.7 Å². The SMILES string of the molecule is CC#CCCNC(=O)Nc1ccc(C(=O)O)cc1. The molecule has 0 saturated heterocycles. The van der Waals surface area contributed by atoms with Crippen molar-refractivity contribution in [2.24, 2.45) is 0 Å². The molecule has 3 N–H and O–H groups in total. The lowest BCUT2D eigenvalue weighted by Gasteiger charge is -2.06. The lowest BCUT2D eigenvalue weighted by Crippen LogP contribution is -2.29. The number of hydrogen-bond donors (Lipinski definition) is 3. The van der Waals surface area contributed by atoms with E-state index in [0.717, 1.165) is 0 Å². The van der Waals surface area contributed by atoms with Crippen LogP contribution < -0.4 is 10.6 Å². The third kappa shape index (κ3) is 4.58. The summed E-state index contributed by atoms with van der Waals surface area (Å²) in [5.41, 5.74) is 0.721. The molecule has 0 radical (unpaired) electrons. The van der Waals surface area contributed by atoms with Crippen molar-refractivity contribution in [3.63, 3.8) is 0 Å². The Morgan fingerprint density at radius 1 is 1.28 bits per heavy atom. The maximum atomic E-state index is 11.4. The Balaban J connectivity index is 2.43. The van der Waals surface area contributed by atoms with Gasteiger partial charge in [0.25, 0.3) is 0 Å². The maximum Gasteiger partial charge on any atom is 0.335 e. The molecular formula is C13H14N2O3. The summed E-state index contributed by atoms with van der Waals surface area (Å²) in [6.07, 6.45) is 0.599. The van der Waals surface area contributed by atoms with Gasteiger partial charge >= 0.3 is 12.0 Å². The summed E-state index contributed by atoms with van der Waals surface area (Å²) >= 11 is 0. The second-order valence-electron chi connectivity index (χ2n) is 3.44. The topological polar surface area (TPSA) is 78.4 Å². The van der Waals surface area contributed by atoms with E-state index in [4.69, 9.17) is 5.11 Å². The molecule has 0 saturated carbocycles. The molecule has 0 atom stereocenters. The van der Waals surface area contributed by atoms with Gasteiger partial charge in [-0.2, -0.15) is 0 Å². The van der Waals surface area contributed by atoms with Crippen LogP contribution in [0.3, 0.4) is 0 Å². The van der Waals surface area contributed by atoms with E-state index >= 15 is 0 Å². The monoisotopic (exact) mass is 246 g/mol. The van der Waals surface area contributed by atoms with Crippen LogP contribution >= 0.6 is 0 Å². The Morgan fingerprint density at radius 3 is 2.50 bits per heavy atom. The van der Waals surface area contributed by atoms with Gasteiger partial charge in [0.05, 0.1) is 5.56 Å². The van der Waals surface area contributed by atoms with Crippen LogP contribution in [0.5, 0.6) is 0 Å². The van der Waals surface area contributed by atoms with Crippen LogP contribution in [0.15, 0.2) is 24.3 Å². The van der Waals surface area contributed by atoms with E-state index in [1.165, 1.54) is 24.3 Å². The zero-order valence-corrected chi connectivity index (χ0v) is 9.99. The highest BCUT2D eigenvalue weighted by Gasteiger charge is 2.03. The quantitative estimate of drug-likeness (QED) is 0.561. The van der Waals surface area contributed by atoms with Gasteiger partial charge in [-0.3, -0.25) is 0 Å². The number of anilines is 1. The molecule has 0 aliphatic heterocycles. The zero-order valence-electron chi connectivity index (χ0n) is 9.99. The molecule has 18 heavy (non-hydrogen) atoms. The number of nitrogens with one attached hydrogen (secondary N) is 2. The van der Waals surface area contributed by atoms with Crippen LogP contribution in [0.25, 0.3) is 0 Å². The number of carboxylic acids is 1. The predicted molar refractivity (Wildman–Crippen MR) is 68.5 cm³/mol. The van der Waals surface area contributed by atoms with Crippen molar-refractivity contribution in [1.82, 2.24) is 5.32 Å². The Bertz CT molecular complexity index is 483. The van der Waals surface area contributed by atoms with Crippen LogP contribution in [0, 0.1) is 11.8 Å². The molecule has 5 heteroatoms. The van der Waals surface area contributed by atoms with E-state index in [-0.39, 0.29) is 11.6 Å². The van der Waals surface area contributed by atoms with Gasteiger partial charge in [0.15, 0.2) is 0 Å². The minimum Gasteiger partial charge on any atom is -0.478 e. The summed E-state index contributed by atoms with van der Waals surface area (Å²) in [6, 6.07) is 5.60. The van der Waals surface area contributed by atoms with Gasteiger partial charge in [0.2, 0.25) is 0 Å². The summed E-state index contributed by atoms with van der Waals surface area (Å²) < 4.78 is 0. The van der Waals surface area contributed by atoms with E-state index in [0.29, 0.717) is 18.7 Å². The first-order chi connectivity index (χ1) is 8.63. The lowest BCUT2D eigenvalue weighted by molar-refractivity contribution is 0.0697. The molecule has 0 unspecified atom stereocenters. The number of rotatable bonds is 4. The van der Waals surface area contributed by atoms with Crippen LogP contribution in [0.2, 0.25) is 0 Å². The van der Waals surface area contributed by atoms with Gasteiger partial charge in [0.1, 0.15) is 0 Å². The van der Waals surface area contributed by atoms with E-state index in [9.17, 15) is 9.59 Å². The second-order valence-corrected chi connectivity index (χ2v) is 3.44. The van der Waals surface area contributed by atoms with Crippen LogP contribution in [-0.2, 0) is 0 Å². The molecule has 94 valence electrons. The number of carbonyl (C=O) groups is 2. The first-order valence-electron chi connectivity index (χ1n) is 5.41. The van der Waals surface area contributed by atoms with Crippen molar-refractivity contribution in [2.75, 3.05) is 11.9 Å². The standard InChI is InChI=1S/C13H14N2O3/c1-2-3-4-9-14-13(18)15-11-7-5-10(6-8-11)12(16)17/h5-8H,4,9H2,1H3,(H,16,17)(H2,14,15,18). The highest BCUT2D eigenvalue weighted by Crippen LogP contribution is 2.09. The first-order valence-corrected chi connectivity index (χ1v) is 5.41. The number of aromatic carboxylic acids is 1. The highest BCUT2D eigenvalue weighted by molar-refractivity contribution is 5.91. The summed E-state index contributed by atoms with van der Waals surface area (Å²) in [5, 5.41) is 13.9. The molecule has 0 bridgehead atoms. The normalized spacial score (nSPS) is 8.94. The molecule has 1 rings (SSSR count). The molecule has 1 aromatic carbocycles. The predicted octanol–water partition coefficient (Wildman–Crippen LogP) is 1.92. The van der Waals surface area contributed by atoms with Crippen molar-refractivity contribution in [3.8, 4) is 11.8 Å².